The second-order valence-corrected chi connectivity index (χ2v) is 10.0. The molecule has 0 bridgehead atoms. The van der Waals surface area contributed by atoms with Crippen LogP contribution in [0.1, 0.15) is 68.2 Å². The summed E-state index contributed by atoms with van der Waals surface area (Å²) in [7, 11) is 0. The molecule has 12 nitrogen and oxygen atoms in total. The highest BCUT2D eigenvalue weighted by molar-refractivity contribution is 5.73. The van der Waals surface area contributed by atoms with E-state index < -0.39 is 71.4 Å². The normalized spacial score (nSPS) is 24.7. The lowest BCUT2D eigenvalue weighted by molar-refractivity contribution is -0.302. The first-order valence-corrected chi connectivity index (χ1v) is 11.2. The first-order valence-electron chi connectivity index (χ1n) is 11.2. The quantitative estimate of drug-likeness (QED) is 0.309. The summed E-state index contributed by atoms with van der Waals surface area (Å²) in [6.07, 6.45) is -4.60. The van der Waals surface area contributed by atoms with E-state index in [0.29, 0.717) is 6.42 Å². The molecule has 1 aliphatic rings. The van der Waals surface area contributed by atoms with Crippen molar-refractivity contribution in [1.82, 2.24) is 5.32 Å². The molecule has 35 heavy (non-hydrogen) atoms. The van der Waals surface area contributed by atoms with Crippen LogP contribution in [0.3, 0.4) is 0 Å². The van der Waals surface area contributed by atoms with Gasteiger partial charge < -0.3 is 34.1 Å². The van der Waals surface area contributed by atoms with Gasteiger partial charge in [-0.05, 0) is 25.7 Å². The van der Waals surface area contributed by atoms with Gasteiger partial charge in [0, 0.05) is 27.7 Å². The highest BCUT2D eigenvalue weighted by atomic mass is 16.7. The van der Waals surface area contributed by atoms with Crippen molar-refractivity contribution < 1.29 is 52.8 Å². The van der Waals surface area contributed by atoms with Gasteiger partial charge in [0.25, 0.3) is 0 Å². The van der Waals surface area contributed by atoms with E-state index in [2.05, 4.69) is 5.32 Å². The lowest BCUT2D eigenvalue weighted by atomic mass is 9.79. The van der Waals surface area contributed by atoms with Crippen molar-refractivity contribution in [1.29, 1.82) is 0 Å². The van der Waals surface area contributed by atoms with Gasteiger partial charge in [-0.25, -0.2) is 0 Å². The van der Waals surface area contributed by atoms with Crippen LogP contribution in [-0.4, -0.2) is 77.7 Å². The Morgan fingerprint density at radius 2 is 1.43 bits per heavy atom. The molecule has 0 spiro atoms. The average Bonchev–Trinajstić information content (AvgIpc) is 2.61. The van der Waals surface area contributed by atoms with Gasteiger partial charge in [-0.1, -0.05) is 13.8 Å². The van der Waals surface area contributed by atoms with Crippen LogP contribution in [0.4, 0.5) is 0 Å². The van der Waals surface area contributed by atoms with Crippen LogP contribution in [0, 0.1) is 5.41 Å². The van der Waals surface area contributed by atoms with Gasteiger partial charge in [0.1, 0.15) is 18.8 Å². The molecule has 0 aromatic carbocycles. The maximum Gasteiger partial charge on any atom is 0.303 e. The summed E-state index contributed by atoms with van der Waals surface area (Å²) < 4.78 is 28.1. The number of ether oxygens (including phenoxy) is 5. The second-order valence-electron chi connectivity index (χ2n) is 10.0. The Labute approximate surface area is 204 Å². The SMILES string of the molecule is CC(=O)N[C@H]1C(OC(C)=O)[C@@H](OC(C)=O)C(COC(C)=O)O[C@H]1OC(C)(C)CC(C)(C)CC(=O)O. The molecular formula is C23H37NO11. The number of esters is 3. The van der Waals surface area contributed by atoms with Gasteiger partial charge in [-0.3, -0.25) is 24.0 Å². The monoisotopic (exact) mass is 503 g/mol. The number of hydrogen-bond donors (Lipinski definition) is 2. The minimum atomic E-state index is -1.23. The summed E-state index contributed by atoms with van der Waals surface area (Å²) >= 11 is 0. The molecule has 0 saturated carbocycles. The fourth-order valence-electron chi connectivity index (χ4n) is 4.37. The zero-order valence-electron chi connectivity index (χ0n) is 21.5. The van der Waals surface area contributed by atoms with E-state index in [1.807, 2.05) is 0 Å². The number of aliphatic carboxylic acids is 1. The Balaban J connectivity index is 3.40. The lowest BCUT2D eigenvalue weighted by Gasteiger charge is -2.47. The number of carbonyl (C=O) groups is 5. The number of carboxylic acids is 1. The highest BCUT2D eigenvalue weighted by Crippen LogP contribution is 2.36. The smallest absolute Gasteiger partial charge is 0.303 e. The van der Waals surface area contributed by atoms with E-state index in [9.17, 15) is 29.1 Å². The molecule has 0 aliphatic carbocycles. The van der Waals surface area contributed by atoms with E-state index >= 15 is 0 Å². The molecule has 0 radical (unpaired) electrons. The molecule has 1 fully saturated rings. The Hall–Kier alpha value is -2.73. The molecule has 1 saturated heterocycles. The summed E-state index contributed by atoms with van der Waals surface area (Å²) in [5, 5.41) is 11.9. The Kier molecular flexibility index (Phi) is 10.6. The van der Waals surface area contributed by atoms with E-state index in [1.165, 1.54) is 13.8 Å². The third kappa shape index (κ3) is 10.6. The van der Waals surface area contributed by atoms with Crippen LogP contribution in [0.5, 0.6) is 0 Å². The third-order valence-corrected chi connectivity index (χ3v) is 5.04. The van der Waals surface area contributed by atoms with Gasteiger partial charge >= 0.3 is 23.9 Å². The van der Waals surface area contributed by atoms with Crippen molar-refractivity contribution in [2.45, 2.75) is 104 Å². The van der Waals surface area contributed by atoms with Crippen molar-refractivity contribution in [3.63, 3.8) is 0 Å². The fraction of sp³-hybridized carbons (Fsp3) is 0.783. The fourth-order valence-corrected chi connectivity index (χ4v) is 4.37. The van der Waals surface area contributed by atoms with Crippen molar-refractivity contribution in [3.8, 4) is 0 Å². The minimum Gasteiger partial charge on any atom is -0.481 e. The highest BCUT2D eigenvalue weighted by Gasteiger charge is 2.52. The average molecular weight is 504 g/mol. The zero-order chi connectivity index (χ0) is 27.1. The third-order valence-electron chi connectivity index (χ3n) is 5.04. The molecule has 1 aliphatic heterocycles. The van der Waals surface area contributed by atoms with Crippen LogP contribution in [-0.2, 0) is 47.7 Å². The maximum atomic E-state index is 12.0. The second kappa shape index (κ2) is 12.3. The maximum absolute atomic E-state index is 12.0. The predicted molar refractivity (Wildman–Crippen MR) is 120 cm³/mol. The van der Waals surface area contributed by atoms with Crippen molar-refractivity contribution in [2.24, 2.45) is 5.41 Å². The number of amides is 1. The molecule has 200 valence electrons. The molecule has 0 aromatic heterocycles. The number of carboxylic acid groups (broad SMARTS) is 1. The van der Waals surface area contributed by atoms with Gasteiger partial charge in [-0.2, -0.15) is 0 Å². The zero-order valence-corrected chi connectivity index (χ0v) is 21.5. The number of hydrogen-bond acceptors (Lipinski definition) is 10. The lowest BCUT2D eigenvalue weighted by Crippen LogP contribution is -2.67. The number of carbonyl (C=O) groups excluding carboxylic acids is 4. The van der Waals surface area contributed by atoms with Gasteiger partial charge in [0.2, 0.25) is 5.91 Å². The van der Waals surface area contributed by atoms with E-state index in [-0.39, 0.29) is 13.0 Å². The van der Waals surface area contributed by atoms with Crippen molar-refractivity contribution in [3.05, 3.63) is 0 Å². The standard InChI is InChI=1S/C23H37NO11/c1-12(25)24-18-20(33-15(4)28)19(32-14(3)27)16(10-31-13(2)26)34-21(18)35-23(7,8)11-22(5,6)9-17(29)30/h16,18-21H,9-11H2,1-8H3,(H,24,25)(H,29,30)/t16?,18-,19-,20?,21-/m0/s1. The first-order chi connectivity index (χ1) is 15.9. The Morgan fingerprint density at radius 3 is 1.89 bits per heavy atom. The first kappa shape index (κ1) is 30.3. The van der Waals surface area contributed by atoms with Crippen molar-refractivity contribution >= 4 is 29.8 Å². The van der Waals surface area contributed by atoms with Crippen LogP contribution >= 0.6 is 0 Å². The minimum absolute atomic E-state index is 0.111. The summed E-state index contributed by atoms with van der Waals surface area (Å²) in [6.45, 7) is 11.4. The van der Waals surface area contributed by atoms with Gasteiger partial charge in [0.05, 0.1) is 12.0 Å². The number of nitrogens with one attached hydrogen (secondary N) is 1. The van der Waals surface area contributed by atoms with Gasteiger partial charge in [0.15, 0.2) is 18.5 Å². The molecular weight excluding hydrogens is 466 g/mol. The Bertz CT molecular complexity index is 807. The van der Waals surface area contributed by atoms with E-state index in [0.717, 1.165) is 13.8 Å². The largest absolute Gasteiger partial charge is 0.481 e. The summed E-state index contributed by atoms with van der Waals surface area (Å²) in [4.78, 5) is 58.5. The molecule has 1 rings (SSSR count). The number of rotatable bonds is 11. The van der Waals surface area contributed by atoms with Crippen LogP contribution in [0.15, 0.2) is 0 Å². The van der Waals surface area contributed by atoms with E-state index in [1.54, 1.807) is 27.7 Å². The summed E-state index contributed by atoms with van der Waals surface area (Å²) in [6, 6.07) is -1.10. The molecule has 12 heteroatoms. The summed E-state index contributed by atoms with van der Waals surface area (Å²) in [5.41, 5.74) is -1.62. The van der Waals surface area contributed by atoms with Crippen LogP contribution < -0.4 is 5.32 Å². The topological polar surface area (TPSA) is 164 Å². The molecule has 0 aromatic rings. The molecule has 5 atom stereocenters. The Morgan fingerprint density at radius 1 is 0.886 bits per heavy atom. The summed E-state index contributed by atoms with van der Waals surface area (Å²) in [5.74, 6) is -3.49. The molecule has 1 heterocycles. The van der Waals surface area contributed by atoms with Gasteiger partial charge in [-0.15, -0.1) is 0 Å². The van der Waals surface area contributed by atoms with E-state index in [4.69, 9.17) is 23.7 Å². The van der Waals surface area contributed by atoms with Crippen LogP contribution in [0.25, 0.3) is 0 Å². The molecule has 2 N–H and O–H groups in total. The predicted octanol–water partition coefficient (Wildman–Crippen LogP) is 1.33. The van der Waals surface area contributed by atoms with Crippen LogP contribution in [0.2, 0.25) is 0 Å². The molecule has 2 unspecified atom stereocenters. The van der Waals surface area contributed by atoms with Crippen molar-refractivity contribution in [2.75, 3.05) is 6.61 Å². The molecule has 1 amide bonds.